The molecular formula is C23H30N10O14P2. The summed E-state index contributed by atoms with van der Waals surface area (Å²) in [5.74, 6) is -1.60. The van der Waals surface area contributed by atoms with E-state index in [0.29, 0.717) is 0 Å². The molecule has 6 heterocycles. The molecule has 6 rings (SSSR count). The molecule has 9 atom stereocenters. The lowest BCUT2D eigenvalue weighted by Crippen LogP contribution is -2.36. The molecule has 9 N–H and O–H groups in total. The molecule has 4 aromatic heterocycles. The minimum Gasteiger partial charge on any atom is -0.386 e. The average molecular weight is 732 g/mol. The molecule has 2 saturated heterocycles. The van der Waals surface area contributed by atoms with E-state index in [-0.39, 0.29) is 46.4 Å². The molecule has 0 amide bonds. The van der Waals surface area contributed by atoms with Crippen molar-refractivity contribution in [3.8, 4) is 0 Å². The largest absolute Gasteiger partial charge is 0.472 e. The second kappa shape index (κ2) is 13.1. The van der Waals surface area contributed by atoms with Gasteiger partial charge in [0.25, 0.3) is 11.1 Å². The third-order valence-corrected chi connectivity index (χ3v) is 9.71. The van der Waals surface area contributed by atoms with Gasteiger partial charge in [0.2, 0.25) is 11.9 Å². The highest BCUT2D eigenvalue weighted by atomic mass is 31.2. The van der Waals surface area contributed by atoms with Crippen molar-refractivity contribution in [3.05, 3.63) is 33.4 Å². The van der Waals surface area contributed by atoms with E-state index in [2.05, 4.69) is 34.4 Å². The Labute approximate surface area is 272 Å². The highest BCUT2D eigenvalue weighted by Gasteiger charge is 2.50. The van der Waals surface area contributed by atoms with Gasteiger partial charge in [-0.05, 0) is 13.3 Å². The fraction of sp³-hybridized carbons (Fsp3) is 0.522. The number of H-pyrrole nitrogens is 2. The summed E-state index contributed by atoms with van der Waals surface area (Å²) in [6.07, 6.45) is -6.24. The fourth-order valence-corrected chi connectivity index (χ4v) is 6.96. The molecular weight excluding hydrogens is 702 g/mol. The Kier molecular flexibility index (Phi) is 9.32. The number of phosphoric ester groups is 2. The molecule has 0 aliphatic carbocycles. The van der Waals surface area contributed by atoms with Gasteiger partial charge in [0.1, 0.15) is 30.3 Å². The highest BCUT2D eigenvalue weighted by Crippen LogP contribution is 2.51. The molecule has 2 fully saturated rings. The van der Waals surface area contributed by atoms with Crippen LogP contribution in [0.2, 0.25) is 0 Å². The Morgan fingerprint density at radius 3 is 2.06 bits per heavy atom. The second-order valence-corrected chi connectivity index (χ2v) is 14.0. The number of nitrogens with zero attached hydrogens (tertiary/aromatic N) is 6. The number of nitrogen functional groups attached to an aromatic ring is 2. The van der Waals surface area contributed by atoms with Gasteiger partial charge in [-0.15, -0.1) is 0 Å². The summed E-state index contributed by atoms with van der Waals surface area (Å²) in [7, 11) is -8.82. The van der Waals surface area contributed by atoms with Gasteiger partial charge < -0.3 is 35.8 Å². The lowest BCUT2D eigenvalue weighted by Gasteiger charge is -2.24. The maximum absolute atomic E-state index is 13.2. The number of ketones is 1. The monoisotopic (exact) mass is 732 g/mol. The number of nitrogens with one attached hydrogen (secondary N) is 2. The number of aromatic amines is 2. The van der Waals surface area contributed by atoms with Gasteiger partial charge in [0, 0.05) is 7.11 Å². The predicted octanol–water partition coefficient (Wildman–Crippen LogP) is -1.57. The quantitative estimate of drug-likeness (QED) is 0.0809. The first-order chi connectivity index (χ1) is 23.1. The van der Waals surface area contributed by atoms with Crippen LogP contribution >= 0.6 is 15.6 Å². The molecule has 0 bridgehead atoms. The molecule has 2 aliphatic heterocycles. The van der Waals surface area contributed by atoms with E-state index < -0.39 is 82.8 Å². The first-order valence-electron chi connectivity index (χ1n) is 14.2. The van der Waals surface area contributed by atoms with Crippen LogP contribution in [0.4, 0.5) is 11.9 Å². The Morgan fingerprint density at radius 2 is 1.51 bits per heavy atom. The summed E-state index contributed by atoms with van der Waals surface area (Å²) in [4.78, 5) is 78.1. The zero-order chi connectivity index (χ0) is 35.4. The third-order valence-electron chi connectivity index (χ3n) is 7.79. The molecule has 0 spiro atoms. The Bertz CT molecular complexity index is 2120. The lowest BCUT2D eigenvalue weighted by atomic mass is 9.99. The minimum absolute atomic E-state index is 0.0117. The number of aliphatic hydroxyl groups is 1. The van der Waals surface area contributed by atoms with Gasteiger partial charge >= 0.3 is 15.6 Å². The first-order valence-corrected chi connectivity index (χ1v) is 17.2. The van der Waals surface area contributed by atoms with Gasteiger partial charge in [-0.2, -0.15) is 9.97 Å². The van der Waals surface area contributed by atoms with Crippen LogP contribution in [0.1, 0.15) is 25.8 Å². The molecule has 49 heavy (non-hydrogen) atoms. The van der Waals surface area contributed by atoms with Crippen LogP contribution in [-0.2, 0) is 41.5 Å². The number of hydrogen-bond donors (Lipinski definition) is 7. The van der Waals surface area contributed by atoms with Crippen molar-refractivity contribution >= 4 is 55.7 Å². The number of anilines is 2. The SMILES string of the molecule is COP(=O)(O)OC[C@H]1O[C@@H](n2cnc3c(=O)[nH]c(N)nc32)[C@H](O)[C@@H]1OP(=O)(O)OC[C@@H]1C[C@@H](C(C)=O)[C@H](n2cnc3c(=O)[nH]c(N)nc32)O1. The van der Waals surface area contributed by atoms with E-state index >= 15 is 0 Å². The topological polar surface area (TPSA) is 346 Å². The number of carbonyl (C=O) groups is 1. The second-order valence-electron chi connectivity index (χ2n) is 11.0. The molecule has 2 aliphatic rings. The van der Waals surface area contributed by atoms with Crippen molar-refractivity contribution in [2.24, 2.45) is 5.92 Å². The number of hydrogen-bond acceptors (Lipinski definition) is 18. The summed E-state index contributed by atoms with van der Waals surface area (Å²) < 4.78 is 59.1. The van der Waals surface area contributed by atoms with Gasteiger partial charge in [0.05, 0.1) is 37.9 Å². The normalized spacial score (nSPS) is 28.2. The number of nitrogens with two attached hydrogens (primary N) is 2. The number of rotatable bonds is 12. The van der Waals surface area contributed by atoms with Gasteiger partial charge in [-0.1, -0.05) is 0 Å². The van der Waals surface area contributed by atoms with Crippen molar-refractivity contribution in [3.63, 3.8) is 0 Å². The summed E-state index contributed by atoms with van der Waals surface area (Å²) >= 11 is 0. The molecule has 0 saturated carbocycles. The smallest absolute Gasteiger partial charge is 0.386 e. The molecule has 0 radical (unpaired) electrons. The van der Waals surface area contributed by atoms with Crippen LogP contribution in [-0.4, -0.2) is 104 Å². The maximum atomic E-state index is 13.2. The fourth-order valence-electron chi connectivity index (χ4n) is 5.53. The Balaban J connectivity index is 1.20. The number of imidazole rings is 2. The van der Waals surface area contributed by atoms with Crippen molar-refractivity contribution in [1.82, 2.24) is 39.0 Å². The maximum Gasteiger partial charge on any atom is 0.472 e. The van der Waals surface area contributed by atoms with Crippen LogP contribution in [0.5, 0.6) is 0 Å². The summed E-state index contributed by atoms with van der Waals surface area (Å²) in [5, 5.41) is 11.2. The van der Waals surface area contributed by atoms with Gasteiger partial charge in [-0.3, -0.25) is 51.6 Å². The zero-order valence-corrected chi connectivity index (χ0v) is 27.2. The number of carbonyl (C=O) groups excluding carboxylic acids is 1. The Morgan fingerprint density at radius 1 is 0.959 bits per heavy atom. The third kappa shape index (κ3) is 6.93. The summed E-state index contributed by atoms with van der Waals surface area (Å²) in [6.45, 7) is -0.0776. The van der Waals surface area contributed by atoms with Crippen LogP contribution in [0.3, 0.4) is 0 Å². The summed E-state index contributed by atoms with van der Waals surface area (Å²) in [5.41, 5.74) is 9.70. The first kappa shape index (κ1) is 34.9. The van der Waals surface area contributed by atoms with Gasteiger partial charge in [0.15, 0.2) is 28.6 Å². The van der Waals surface area contributed by atoms with Crippen molar-refractivity contribution in [2.45, 2.75) is 50.2 Å². The number of aliphatic hydroxyl groups excluding tert-OH is 1. The number of fused-ring (bicyclic) bond motifs is 2. The number of Topliss-reactive ketones (excluding diaryl/α,β-unsaturated/α-hetero) is 1. The molecule has 26 heteroatoms. The standard InChI is InChI=1S/C23H30N10O14P2/c1-8(34)10-3-9(45-20(10)32-6-26-12-16(32)28-22(24)30-18(12)36)4-43-49(40,41)47-15-11(5-44-48(38,39)42-2)46-21(14(15)35)33-7-27-13-17(33)29-23(25)31-19(13)37/h6-7,9-11,14-15,20-21,35H,3-5H2,1-2H3,(H,38,39)(H,40,41)(H3,24,28,30,36)(H3,25,29,31,37)/t9-,10-,11+,14+,15+,20+,21+/m0/s1. The molecule has 2 unspecified atom stereocenters. The number of ether oxygens (including phenoxy) is 2. The van der Waals surface area contributed by atoms with E-state index in [1.165, 1.54) is 17.8 Å². The zero-order valence-electron chi connectivity index (χ0n) is 25.4. The van der Waals surface area contributed by atoms with Crippen LogP contribution in [0.15, 0.2) is 22.2 Å². The van der Waals surface area contributed by atoms with E-state index in [1.54, 1.807) is 0 Å². The summed E-state index contributed by atoms with van der Waals surface area (Å²) in [6, 6.07) is 0. The molecule has 24 nitrogen and oxygen atoms in total. The lowest BCUT2D eigenvalue weighted by molar-refractivity contribution is -0.124. The van der Waals surface area contributed by atoms with Crippen LogP contribution < -0.4 is 22.6 Å². The van der Waals surface area contributed by atoms with Gasteiger partial charge in [-0.25, -0.2) is 19.1 Å². The Hall–Kier alpha value is -3.93. The predicted molar refractivity (Wildman–Crippen MR) is 161 cm³/mol. The molecule has 4 aromatic rings. The number of aromatic nitrogens is 8. The highest BCUT2D eigenvalue weighted by molar-refractivity contribution is 7.47. The molecule has 0 aromatic carbocycles. The van der Waals surface area contributed by atoms with Crippen LogP contribution in [0.25, 0.3) is 22.3 Å². The van der Waals surface area contributed by atoms with Crippen molar-refractivity contribution in [2.75, 3.05) is 31.8 Å². The van der Waals surface area contributed by atoms with Crippen LogP contribution in [0, 0.1) is 5.92 Å². The van der Waals surface area contributed by atoms with Crippen molar-refractivity contribution < 1.29 is 56.4 Å². The van der Waals surface area contributed by atoms with E-state index in [9.17, 15) is 38.4 Å². The van der Waals surface area contributed by atoms with E-state index in [4.69, 9.17) is 34.5 Å². The molecule has 266 valence electrons. The van der Waals surface area contributed by atoms with E-state index in [0.717, 1.165) is 18.0 Å². The van der Waals surface area contributed by atoms with Crippen molar-refractivity contribution in [1.29, 1.82) is 0 Å². The van der Waals surface area contributed by atoms with E-state index in [1.807, 2.05) is 0 Å². The number of phosphoric acid groups is 2. The minimum atomic E-state index is -5.12. The average Bonchev–Trinajstić information content (AvgIpc) is 3.80.